The number of hydrogen-bond acceptors (Lipinski definition) is 4. The third-order valence-electron chi connectivity index (χ3n) is 0.498. The Morgan fingerprint density at radius 1 is 0.909 bits per heavy atom. The van der Waals surface area contributed by atoms with Crippen LogP contribution < -0.4 is 6.15 Å². The van der Waals surface area contributed by atoms with Crippen LogP contribution in [-0.2, 0) is 9.13 Å². The Bertz CT molecular complexity index is 209. The first-order valence-corrected chi connectivity index (χ1v) is 5.04. The van der Waals surface area contributed by atoms with Crippen molar-refractivity contribution in [2.75, 3.05) is 0 Å². The minimum absolute atomic E-state index is 0. The highest BCUT2D eigenvalue weighted by Gasteiger charge is 2.41. The minimum Gasteiger partial charge on any atom is -0.344 e. The number of carbonyl (C=O) groups excluding carboxylic acids is 1. The van der Waals surface area contributed by atoms with E-state index >= 15 is 0 Å². The molecule has 7 N–H and O–H groups in total. The highest BCUT2D eigenvalue weighted by atomic mass is 31.2. The van der Waals surface area contributed by atoms with Crippen molar-refractivity contribution in [2.24, 2.45) is 0 Å². The van der Waals surface area contributed by atoms with E-state index in [0.29, 0.717) is 0 Å². The van der Waals surface area contributed by atoms with E-state index < -0.39 is 20.5 Å². The standard InChI is InChI=1S/CH4O7P2.H3N/c2-1(9(3,4)5)10(6,7)8;/h(H2,3,4,5)(H2,6,7,8);1H3. The van der Waals surface area contributed by atoms with Gasteiger partial charge in [0.05, 0.1) is 0 Å². The van der Waals surface area contributed by atoms with Gasteiger partial charge >= 0.3 is 20.5 Å². The molecule has 0 aromatic rings. The van der Waals surface area contributed by atoms with Gasteiger partial charge < -0.3 is 25.7 Å². The summed E-state index contributed by atoms with van der Waals surface area (Å²) in [5.41, 5.74) is 0. The summed E-state index contributed by atoms with van der Waals surface area (Å²) in [6.07, 6.45) is 0. The van der Waals surface area contributed by atoms with Crippen molar-refractivity contribution in [3.8, 4) is 0 Å². The number of carbonyl (C=O) groups is 1. The molecule has 0 fully saturated rings. The smallest absolute Gasteiger partial charge is 0.344 e. The van der Waals surface area contributed by atoms with Crippen molar-refractivity contribution in [1.29, 1.82) is 0 Å². The summed E-state index contributed by atoms with van der Waals surface area (Å²) in [5, 5.41) is -2.35. The molecule has 0 bridgehead atoms. The second kappa shape index (κ2) is 3.55. The van der Waals surface area contributed by atoms with Gasteiger partial charge in [-0.15, -0.1) is 0 Å². The SMILES string of the molecule is N.O=C(P(=O)(O)O)P(=O)(O)O. The van der Waals surface area contributed by atoms with E-state index in [9.17, 15) is 13.9 Å². The molecule has 0 aromatic carbocycles. The van der Waals surface area contributed by atoms with Gasteiger partial charge in [0.15, 0.2) is 0 Å². The summed E-state index contributed by atoms with van der Waals surface area (Å²) in [6, 6.07) is 0. The molecule has 0 aliphatic rings. The Morgan fingerprint density at radius 2 is 1.09 bits per heavy atom. The molecule has 0 aromatic heterocycles. The van der Waals surface area contributed by atoms with Crippen LogP contribution in [0.15, 0.2) is 0 Å². The molecule has 0 heterocycles. The third-order valence-corrected chi connectivity index (χ3v) is 3.06. The van der Waals surface area contributed by atoms with Crippen molar-refractivity contribution < 1.29 is 33.5 Å². The molecule has 0 unspecified atom stereocenters. The van der Waals surface area contributed by atoms with E-state index in [1.807, 2.05) is 0 Å². The molecule has 0 saturated heterocycles. The largest absolute Gasteiger partial charge is 0.404 e. The molecule has 0 saturated carbocycles. The Balaban J connectivity index is 0. The van der Waals surface area contributed by atoms with Gasteiger partial charge in [-0.1, -0.05) is 0 Å². The third kappa shape index (κ3) is 4.39. The van der Waals surface area contributed by atoms with Crippen LogP contribution in [0.3, 0.4) is 0 Å². The average Bonchev–Trinajstić information content (AvgIpc) is 1.59. The number of rotatable bonds is 2. The first-order chi connectivity index (χ1) is 4.15. The molecule has 0 rings (SSSR count). The van der Waals surface area contributed by atoms with Crippen molar-refractivity contribution in [1.82, 2.24) is 6.15 Å². The average molecular weight is 207 g/mol. The van der Waals surface area contributed by atoms with Crippen LogP contribution in [0.25, 0.3) is 0 Å². The van der Waals surface area contributed by atoms with Crippen molar-refractivity contribution in [3.05, 3.63) is 0 Å². The van der Waals surface area contributed by atoms with Gasteiger partial charge in [0, 0.05) is 0 Å². The van der Waals surface area contributed by atoms with Gasteiger partial charge in [-0.3, -0.25) is 13.9 Å². The Labute approximate surface area is 61.1 Å². The van der Waals surface area contributed by atoms with Crippen LogP contribution in [0, 0.1) is 0 Å². The normalized spacial score (nSPS) is 12.0. The van der Waals surface area contributed by atoms with Crippen LogP contribution in [0.4, 0.5) is 4.79 Å². The molecular weight excluding hydrogens is 200 g/mol. The van der Waals surface area contributed by atoms with Gasteiger partial charge in [-0.2, -0.15) is 0 Å². The zero-order chi connectivity index (χ0) is 8.58. The lowest BCUT2D eigenvalue weighted by Crippen LogP contribution is -1.96. The van der Waals surface area contributed by atoms with Crippen LogP contribution in [0.5, 0.6) is 0 Å². The van der Waals surface area contributed by atoms with E-state index in [-0.39, 0.29) is 6.15 Å². The van der Waals surface area contributed by atoms with Crippen LogP contribution in [-0.4, -0.2) is 24.8 Å². The molecule has 0 atom stereocenters. The molecule has 10 heteroatoms. The molecule has 11 heavy (non-hydrogen) atoms. The van der Waals surface area contributed by atoms with E-state index in [2.05, 4.69) is 0 Å². The first kappa shape index (κ1) is 13.5. The fourth-order valence-electron chi connectivity index (χ4n) is 0.170. The van der Waals surface area contributed by atoms with Gasteiger partial charge in [-0.25, -0.2) is 0 Å². The predicted molar refractivity (Wildman–Crippen MR) is 34.5 cm³/mol. The van der Waals surface area contributed by atoms with Crippen molar-refractivity contribution >= 4 is 20.5 Å². The lowest BCUT2D eigenvalue weighted by Gasteiger charge is -2.01. The Kier molecular flexibility index (Phi) is 4.36. The fourth-order valence-corrected chi connectivity index (χ4v) is 1.53. The zero-order valence-electron chi connectivity index (χ0n) is 5.12. The summed E-state index contributed by atoms with van der Waals surface area (Å²) in [4.78, 5) is 41.5. The lowest BCUT2D eigenvalue weighted by atomic mass is 11.8. The van der Waals surface area contributed by atoms with Crippen molar-refractivity contribution in [2.45, 2.75) is 0 Å². The van der Waals surface area contributed by atoms with Crippen molar-refractivity contribution in [3.63, 3.8) is 0 Å². The van der Waals surface area contributed by atoms with Gasteiger partial charge in [-0.05, 0) is 0 Å². The zero-order valence-corrected chi connectivity index (χ0v) is 6.90. The van der Waals surface area contributed by atoms with Gasteiger partial charge in [0.25, 0.3) is 0 Å². The molecule has 0 amide bonds. The molecular formula is CH7NO7P2. The Hall–Kier alpha value is -0.0700. The maximum atomic E-state index is 9.96. The molecule has 0 aliphatic carbocycles. The first-order valence-electron chi connectivity index (χ1n) is 1.82. The molecule has 68 valence electrons. The molecule has 0 radical (unpaired) electrons. The predicted octanol–water partition coefficient (Wildman–Crippen LogP) is -0.376. The van der Waals surface area contributed by atoms with E-state index in [0.717, 1.165) is 0 Å². The summed E-state index contributed by atoms with van der Waals surface area (Å²) >= 11 is 0. The molecule has 0 spiro atoms. The summed E-state index contributed by atoms with van der Waals surface area (Å²) in [5.74, 6) is 0. The summed E-state index contributed by atoms with van der Waals surface area (Å²) < 4.78 is 19.7. The van der Waals surface area contributed by atoms with Gasteiger partial charge in [0.1, 0.15) is 0 Å². The fraction of sp³-hybridized carbons (Fsp3) is 0. The summed E-state index contributed by atoms with van der Waals surface area (Å²) in [6.45, 7) is 0. The topological polar surface area (TPSA) is 167 Å². The maximum absolute atomic E-state index is 9.96. The van der Waals surface area contributed by atoms with Crippen LogP contribution in [0.1, 0.15) is 0 Å². The van der Waals surface area contributed by atoms with Crippen LogP contribution in [0.2, 0.25) is 0 Å². The monoisotopic (exact) mass is 207 g/mol. The highest BCUT2D eigenvalue weighted by Crippen LogP contribution is 2.54. The van der Waals surface area contributed by atoms with Crippen LogP contribution >= 0.6 is 15.2 Å². The second-order valence-electron chi connectivity index (χ2n) is 1.37. The van der Waals surface area contributed by atoms with E-state index in [1.165, 1.54) is 0 Å². The quantitative estimate of drug-likeness (QED) is 0.382. The minimum atomic E-state index is -5.28. The molecule has 0 aliphatic heterocycles. The Morgan fingerprint density at radius 3 is 1.09 bits per heavy atom. The number of hydrogen-bond donors (Lipinski definition) is 5. The maximum Gasteiger partial charge on any atom is 0.404 e. The van der Waals surface area contributed by atoms with E-state index in [4.69, 9.17) is 19.6 Å². The highest BCUT2D eigenvalue weighted by molar-refractivity contribution is 7.96. The second-order valence-corrected chi connectivity index (χ2v) is 4.71. The van der Waals surface area contributed by atoms with E-state index in [1.54, 1.807) is 0 Å². The summed E-state index contributed by atoms with van der Waals surface area (Å²) in [7, 11) is -10.6. The lowest BCUT2D eigenvalue weighted by molar-refractivity contribution is 0.255. The molecule has 8 nitrogen and oxygen atoms in total. The van der Waals surface area contributed by atoms with Gasteiger partial charge in [0.2, 0.25) is 0 Å².